The summed E-state index contributed by atoms with van der Waals surface area (Å²) >= 11 is 1.02. The van der Waals surface area contributed by atoms with Gasteiger partial charge in [0.1, 0.15) is 11.1 Å². The lowest BCUT2D eigenvalue weighted by Gasteiger charge is -2.18. The second kappa shape index (κ2) is 10.2. The van der Waals surface area contributed by atoms with Gasteiger partial charge in [-0.3, -0.25) is 19.3 Å². The van der Waals surface area contributed by atoms with Gasteiger partial charge in [0.2, 0.25) is 10.9 Å². The highest BCUT2D eigenvalue weighted by atomic mass is 32.1. The van der Waals surface area contributed by atoms with Gasteiger partial charge in [-0.25, -0.2) is 0 Å². The fraction of sp³-hybridized carbons (Fsp3) is 0.194. The van der Waals surface area contributed by atoms with Gasteiger partial charge in [0.15, 0.2) is 5.82 Å². The predicted octanol–water partition coefficient (Wildman–Crippen LogP) is 5.04. The molecule has 3 aromatic carbocycles. The Kier molecular flexibility index (Phi) is 6.68. The van der Waals surface area contributed by atoms with Gasteiger partial charge in [-0.1, -0.05) is 80.6 Å². The normalized spacial score (nSPS) is 14.8. The Morgan fingerprint density at radius 2 is 1.65 bits per heavy atom. The molecule has 0 fully saturated rings. The van der Waals surface area contributed by atoms with E-state index < -0.39 is 35.7 Å². The molecule has 0 spiro atoms. The fourth-order valence-corrected chi connectivity index (χ4v) is 5.90. The maximum Gasteiger partial charge on any atom is 0.416 e. The van der Waals surface area contributed by atoms with Crippen LogP contribution in [0.4, 0.5) is 24.5 Å². The Hall–Kier alpha value is -4.84. The smallest absolute Gasteiger partial charge is 0.325 e. The van der Waals surface area contributed by atoms with Gasteiger partial charge >= 0.3 is 6.18 Å². The van der Waals surface area contributed by atoms with Crippen molar-refractivity contribution in [2.75, 3.05) is 16.8 Å². The van der Waals surface area contributed by atoms with Gasteiger partial charge in [0.05, 0.1) is 16.8 Å². The SMILES string of the molecule is CC(C)(C)c1ccc(-c2nc3sc(=C4C(=O)N(CC(=O)Nc5cccc(C(F)(F)F)c5)c5ccccc54)c(=O)n3n2)cc1. The molecular formula is C31H24F3N5O3S. The quantitative estimate of drug-likeness (QED) is 0.311. The van der Waals surface area contributed by atoms with E-state index in [0.29, 0.717) is 22.0 Å². The van der Waals surface area contributed by atoms with Crippen LogP contribution in [0, 0.1) is 0 Å². The van der Waals surface area contributed by atoms with Crippen molar-refractivity contribution in [2.45, 2.75) is 32.4 Å². The molecule has 6 rings (SSSR count). The van der Waals surface area contributed by atoms with E-state index in [-0.39, 0.29) is 21.2 Å². The minimum absolute atomic E-state index is 0.0221. The van der Waals surface area contributed by atoms with Crippen LogP contribution in [0.25, 0.3) is 21.9 Å². The van der Waals surface area contributed by atoms with E-state index in [4.69, 9.17) is 0 Å². The first-order chi connectivity index (χ1) is 20.3. The number of carbonyl (C=O) groups excluding carboxylic acids is 2. The molecule has 12 heteroatoms. The Labute approximate surface area is 247 Å². The third kappa shape index (κ3) is 5.18. The van der Waals surface area contributed by atoms with Crippen LogP contribution < -0.4 is 20.3 Å². The largest absolute Gasteiger partial charge is 0.416 e. The summed E-state index contributed by atoms with van der Waals surface area (Å²) in [6.45, 7) is 5.87. The number of alkyl halides is 3. The summed E-state index contributed by atoms with van der Waals surface area (Å²) in [6.07, 6.45) is -4.57. The highest BCUT2D eigenvalue weighted by Crippen LogP contribution is 2.35. The van der Waals surface area contributed by atoms with Crippen LogP contribution in [0.1, 0.15) is 37.5 Å². The molecule has 3 heterocycles. The molecule has 0 bridgehead atoms. The monoisotopic (exact) mass is 603 g/mol. The maximum absolute atomic E-state index is 13.7. The zero-order valence-electron chi connectivity index (χ0n) is 23.2. The second-order valence-electron chi connectivity index (χ2n) is 11.1. The van der Waals surface area contributed by atoms with Crippen LogP contribution in [0.3, 0.4) is 0 Å². The summed E-state index contributed by atoms with van der Waals surface area (Å²) in [5, 5.41) is 6.83. The highest BCUT2D eigenvalue weighted by Gasteiger charge is 2.36. The Morgan fingerprint density at radius 3 is 2.33 bits per heavy atom. The third-order valence-corrected chi connectivity index (χ3v) is 8.12. The van der Waals surface area contributed by atoms with Crippen LogP contribution in [-0.2, 0) is 21.2 Å². The van der Waals surface area contributed by atoms with Crippen molar-refractivity contribution in [3.8, 4) is 11.4 Å². The van der Waals surface area contributed by atoms with E-state index in [1.54, 1.807) is 24.3 Å². The van der Waals surface area contributed by atoms with Crippen molar-refractivity contribution in [1.29, 1.82) is 0 Å². The molecule has 1 aliphatic heterocycles. The molecule has 5 aromatic rings. The molecular weight excluding hydrogens is 579 g/mol. The first-order valence-electron chi connectivity index (χ1n) is 13.2. The molecule has 1 N–H and O–H groups in total. The van der Waals surface area contributed by atoms with Crippen molar-refractivity contribution in [3.63, 3.8) is 0 Å². The van der Waals surface area contributed by atoms with E-state index in [1.165, 1.54) is 21.5 Å². The molecule has 0 unspecified atom stereocenters. The Bertz CT molecular complexity index is 2020. The third-order valence-electron chi connectivity index (χ3n) is 7.09. The summed E-state index contributed by atoms with van der Waals surface area (Å²) < 4.78 is 40.6. The number of nitrogens with zero attached hydrogens (tertiary/aromatic N) is 4. The van der Waals surface area contributed by atoms with Crippen LogP contribution in [0.5, 0.6) is 0 Å². The molecule has 8 nitrogen and oxygen atoms in total. The molecule has 0 atom stereocenters. The summed E-state index contributed by atoms with van der Waals surface area (Å²) in [7, 11) is 0. The molecule has 0 radical (unpaired) electrons. The molecule has 0 aliphatic carbocycles. The highest BCUT2D eigenvalue weighted by molar-refractivity contribution is 7.15. The van der Waals surface area contributed by atoms with Gasteiger partial charge < -0.3 is 5.32 Å². The predicted molar refractivity (Wildman–Crippen MR) is 158 cm³/mol. The average molecular weight is 604 g/mol. The van der Waals surface area contributed by atoms with Crippen molar-refractivity contribution < 1.29 is 22.8 Å². The lowest BCUT2D eigenvalue weighted by Crippen LogP contribution is -2.37. The van der Waals surface area contributed by atoms with E-state index >= 15 is 0 Å². The van der Waals surface area contributed by atoms with Crippen LogP contribution in [-0.4, -0.2) is 33.0 Å². The summed E-state index contributed by atoms with van der Waals surface area (Å²) in [5.41, 5.74) is 1.36. The van der Waals surface area contributed by atoms with Crippen LogP contribution >= 0.6 is 11.3 Å². The van der Waals surface area contributed by atoms with E-state index in [0.717, 1.165) is 34.6 Å². The van der Waals surface area contributed by atoms with Crippen molar-refractivity contribution in [1.82, 2.24) is 14.6 Å². The molecule has 218 valence electrons. The number of hydrogen-bond acceptors (Lipinski definition) is 6. The zero-order valence-corrected chi connectivity index (χ0v) is 24.0. The van der Waals surface area contributed by atoms with Gasteiger partial charge in [-0.2, -0.15) is 22.7 Å². The maximum atomic E-state index is 13.7. The van der Waals surface area contributed by atoms with Gasteiger partial charge in [-0.05, 0) is 35.2 Å². The number of benzene rings is 3. The van der Waals surface area contributed by atoms with Crippen molar-refractivity contribution in [3.05, 3.63) is 104 Å². The standard InChI is InChI=1S/C31H24F3N5O3S/c1-30(2,3)18-13-11-17(12-14-18)26-36-29-39(37-26)28(42)25(43-29)24-21-9-4-5-10-22(21)38(27(24)41)16-23(40)35-20-8-6-7-19(15-20)31(32,33)34/h4-15H,16H2,1-3H3,(H,35,40). The minimum atomic E-state index is -4.57. The number of para-hydroxylation sites is 1. The van der Waals surface area contributed by atoms with E-state index in [2.05, 4.69) is 36.2 Å². The molecule has 2 aromatic heterocycles. The van der Waals surface area contributed by atoms with Gasteiger partial charge in [-0.15, -0.1) is 5.10 Å². The number of aromatic nitrogens is 3. The number of halogens is 3. The fourth-order valence-electron chi connectivity index (χ4n) is 4.90. The number of thiazole rings is 1. The lowest BCUT2D eigenvalue weighted by atomic mass is 9.87. The molecule has 0 saturated heterocycles. The summed E-state index contributed by atoms with van der Waals surface area (Å²) in [4.78, 5) is 46.1. The first kappa shape index (κ1) is 28.3. The van der Waals surface area contributed by atoms with Gasteiger partial charge in [0.25, 0.3) is 11.5 Å². The number of anilines is 2. The number of nitrogens with one attached hydrogen (secondary N) is 1. The summed E-state index contributed by atoms with van der Waals surface area (Å²) in [6, 6.07) is 18.7. The van der Waals surface area contributed by atoms with Crippen molar-refractivity contribution >= 4 is 45.1 Å². The molecule has 1 aliphatic rings. The molecule has 2 amide bonds. The Balaban J connectivity index is 1.32. The second-order valence-corrected chi connectivity index (χ2v) is 12.1. The number of hydrogen-bond donors (Lipinski definition) is 1. The lowest BCUT2D eigenvalue weighted by molar-refractivity contribution is -0.137. The molecule has 43 heavy (non-hydrogen) atoms. The Morgan fingerprint density at radius 1 is 0.930 bits per heavy atom. The van der Waals surface area contributed by atoms with E-state index in [9.17, 15) is 27.6 Å². The summed E-state index contributed by atoms with van der Waals surface area (Å²) in [5.74, 6) is -0.901. The average Bonchev–Trinajstić information content (AvgIpc) is 3.59. The van der Waals surface area contributed by atoms with Crippen LogP contribution in [0.2, 0.25) is 0 Å². The first-order valence-corrected chi connectivity index (χ1v) is 14.1. The molecule has 0 saturated carbocycles. The number of carbonyl (C=O) groups is 2. The topological polar surface area (TPSA) is 96.7 Å². The number of rotatable bonds is 4. The number of fused-ring (bicyclic) bond motifs is 2. The zero-order chi connectivity index (χ0) is 30.7. The van der Waals surface area contributed by atoms with Crippen molar-refractivity contribution in [2.24, 2.45) is 0 Å². The van der Waals surface area contributed by atoms with Gasteiger partial charge in [0, 0.05) is 16.8 Å². The van der Waals surface area contributed by atoms with Crippen LogP contribution in [0.15, 0.2) is 77.6 Å². The number of amides is 2. The van der Waals surface area contributed by atoms with E-state index in [1.807, 2.05) is 24.3 Å². The minimum Gasteiger partial charge on any atom is -0.325 e.